The first-order valence-corrected chi connectivity index (χ1v) is 9.29. The van der Waals surface area contributed by atoms with Crippen LogP contribution >= 0.6 is 15.9 Å². The molecule has 0 aliphatic heterocycles. The molecule has 136 valence electrons. The van der Waals surface area contributed by atoms with Crippen LogP contribution in [0.4, 0.5) is 0 Å². The Balaban J connectivity index is 4.58. The van der Waals surface area contributed by atoms with Crippen LogP contribution in [0.15, 0.2) is 0 Å². The van der Waals surface area contributed by atoms with Gasteiger partial charge in [-0.2, -0.15) is 0 Å². The number of amides is 1. The summed E-state index contributed by atoms with van der Waals surface area (Å²) in [5, 5.41) is 3.68. The molecule has 0 unspecified atom stereocenters. The van der Waals surface area contributed by atoms with Gasteiger partial charge in [0.25, 0.3) is 0 Å². The molecule has 0 aliphatic carbocycles. The number of rotatable bonds is 9. The summed E-state index contributed by atoms with van der Waals surface area (Å²) in [7, 11) is 0. The van der Waals surface area contributed by atoms with E-state index in [-0.39, 0.29) is 18.1 Å². The summed E-state index contributed by atoms with van der Waals surface area (Å²) < 4.78 is 11.0. The number of esters is 1. The fourth-order valence-electron chi connectivity index (χ4n) is 1.70. The van der Waals surface area contributed by atoms with Crippen LogP contribution in [0.1, 0.15) is 67.2 Å². The first kappa shape index (κ1) is 22.4. The Morgan fingerprint density at radius 2 is 1.61 bits per heavy atom. The van der Waals surface area contributed by atoms with Crippen molar-refractivity contribution in [3.63, 3.8) is 0 Å². The van der Waals surface area contributed by atoms with Crippen LogP contribution in [0.25, 0.3) is 0 Å². The molecule has 0 saturated heterocycles. The molecule has 0 aliphatic rings. The molecule has 0 aromatic carbocycles. The summed E-state index contributed by atoms with van der Waals surface area (Å²) in [6, 6.07) is -0.780. The standard InChI is InChI=1S/C17H32BrNO4/c1-16(2,3)22-12-13(15(21)23-17(4,5)6)19-14(20)10-8-7-9-11-18/h13H,7-12H2,1-6H3,(H,19,20)/t13-/m0/s1. The largest absolute Gasteiger partial charge is 0.458 e. The van der Waals surface area contributed by atoms with Gasteiger partial charge in [-0.05, 0) is 54.4 Å². The minimum absolute atomic E-state index is 0.103. The van der Waals surface area contributed by atoms with Gasteiger partial charge in [0.05, 0.1) is 12.2 Å². The van der Waals surface area contributed by atoms with Gasteiger partial charge in [-0.3, -0.25) is 4.79 Å². The van der Waals surface area contributed by atoms with E-state index in [1.807, 2.05) is 20.8 Å². The van der Waals surface area contributed by atoms with Gasteiger partial charge in [0.15, 0.2) is 6.04 Å². The maximum absolute atomic E-state index is 12.3. The molecule has 5 nitrogen and oxygen atoms in total. The molecule has 1 atom stereocenters. The molecule has 1 N–H and O–H groups in total. The van der Waals surface area contributed by atoms with E-state index in [1.165, 1.54) is 0 Å². The highest BCUT2D eigenvalue weighted by molar-refractivity contribution is 9.09. The number of carbonyl (C=O) groups is 2. The number of halogens is 1. The van der Waals surface area contributed by atoms with Gasteiger partial charge >= 0.3 is 5.97 Å². The van der Waals surface area contributed by atoms with E-state index in [9.17, 15) is 9.59 Å². The van der Waals surface area contributed by atoms with Gasteiger partial charge < -0.3 is 14.8 Å². The Morgan fingerprint density at radius 3 is 2.09 bits per heavy atom. The van der Waals surface area contributed by atoms with E-state index in [2.05, 4.69) is 21.2 Å². The van der Waals surface area contributed by atoms with Crippen molar-refractivity contribution >= 4 is 27.8 Å². The van der Waals surface area contributed by atoms with Crippen LogP contribution in [0.3, 0.4) is 0 Å². The zero-order chi connectivity index (χ0) is 18.1. The Labute approximate surface area is 149 Å². The number of ether oxygens (including phenoxy) is 2. The molecular formula is C17H32BrNO4. The molecule has 6 heteroatoms. The average Bonchev–Trinajstić information content (AvgIpc) is 2.36. The summed E-state index contributed by atoms with van der Waals surface area (Å²) in [5.41, 5.74) is -0.988. The molecular weight excluding hydrogens is 362 g/mol. The SMILES string of the molecule is CC(C)(C)OC[C@H](NC(=O)CCCCCBr)C(=O)OC(C)(C)C. The number of hydrogen-bond acceptors (Lipinski definition) is 4. The summed E-state index contributed by atoms with van der Waals surface area (Å²) in [4.78, 5) is 24.3. The normalized spacial score (nSPS) is 13.5. The van der Waals surface area contributed by atoms with E-state index in [4.69, 9.17) is 9.47 Å². The van der Waals surface area contributed by atoms with Crippen LogP contribution in [0.2, 0.25) is 0 Å². The highest BCUT2D eigenvalue weighted by Crippen LogP contribution is 2.12. The highest BCUT2D eigenvalue weighted by atomic mass is 79.9. The molecule has 23 heavy (non-hydrogen) atoms. The van der Waals surface area contributed by atoms with Crippen molar-refractivity contribution in [1.82, 2.24) is 5.32 Å². The number of unbranched alkanes of at least 4 members (excludes halogenated alkanes) is 2. The Bertz CT molecular complexity index is 372. The zero-order valence-electron chi connectivity index (χ0n) is 15.3. The molecule has 0 bridgehead atoms. The lowest BCUT2D eigenvalue weighted by atomic mass is 10.1. The number of carbonyl (C=O) groups excluding carboxylic acids is 2. The monoisotopic (exact) mass is 393 g/mol. The lowest BCUT2D eigenvalue weighted by molar-refractivity contribution is -0.162. The van der Waals surface area contributed by atoms with Crippen molar-refractivity contribution < 1.29 is 19.1 Å². The zero-order valence-corrected chi connectivity index (χ0v) is 16.9. The smallest absolute Gasteiger partial charge is 0.331 e. The van der Waals surface area contributed by atoms with E-state index in [0.717, 1.165) is 24.6 Å². The van der Waals surface area contributed by atoms with Crippen molar-refractivity contribution in [3.05, 3.63) is 0 Å². The third kappa shape index (κ3) is 13.5. The fourth-order valence-corrected chi connectivity index (χ4v) is 2.09. The predicted molar refractivity (Wildman–Crippen MR) is 95.7 cm³/mol. The van der Waals surface area contributed by atoms with E-state index >= 15 is 0 Å². The first-order chi connectivity index (χ1) is 10.4. The van der Waals surface area contributed by atoms with Crippen LogP contribution in [0.5, 0.6) is 0 Å². The van der Waals surface area contributed by atoms with Gasteiger partial charge in [0.1, 0.15) is 5.60 Å². The average molecular weight is 394 g/mol. The fraction of sp³-hybridized carbons (Fsp3) is 0.882. The summed E-state index contributed by atoms with van der Waals surface area (Å²) in [6.45, 7) is 11.2. The molecule has 0 fully saturated rings. The minimum Gasteiger partial charge on any atom is -0.458 e. The third-order valence-electron chi connectivity index (χ3n) is 2.75. The number of hydrogen-bond donors (Lipinski definition) is 1. The van der Waals surface area contributed by atoms with Gasteiger partial charge in [-0.1, -0.05) is 22.4 Å². The summed E-state index contributed by atoms with van der Waals surface area (Å²) >= 11 is 3.36. The third-order valence-corrected chi connectivity index (χ3v) is 3.31. The minimum atomic E-state index is -0.780. The lowest BCUT2D eigenvalue weighted by Gasteiger charge is -2.27. The Kier molecular flexibility index (Phi) is 10.0. The van der Waals surface area contributed by atoms with Gasteiger partial charge in [0, 0.05) is 11.8 Å². The maximum Gasteiger partial charge on any atom is 0.331 e. The van der Waals surface area contributed by atoms with Gasteiger partial charge in [-0.15, -0.1) is 0 Å². The topological polar surface area (TPSA) is 64.6 Å². The summed E-state index contributed by atoms with van der Waals surface area (Å²) in [6.07, 6.45) is 3.23. The van der Waals surface area contributed by atoms with Crippen LogP contribution in [-0.2, 0) is 19.1 Å². The molecule has 0 spiro atoms. The van der Waals surface area contributed by atoms with E-state index in [1.54, 1.807) is 20.8 Å². The van der Waals surface area contributed by atoms with E-state index < -0.39 is 17.6 Å². The Hall–Kier alpha value is -0.620. The van der Waals surface area contributed by atoms with Gasteiger partial charge in [-0.25, -0.2) is 4.79 Å². The van der Waals surface area contributed by atoms with Crippen molar-refractivity contribution in [1.29, 1.82) is 0 Å². The van der Waals surface area contributed by atoms with Crippen LogP contribution < -0.4 is 5.32 Å². The van der Waals surface area contributed by atoms with Crippen molar-refractivity contribution in [3.8, 4) is 0 Å². The molecule has 0 rings (SSSR count). The molecule has 0 heterocycles. The Morgan fingerprint density at radius 1 is 1.00 bits per heavy atom. The first-order valence-electron chi connectivity index (χ1n) is 8.17. The second-order valence-electron chi connectivity index (χ2n) is 7.58. The quantitative estimate of drug-likeness (QED) is 0.369. The lowest BCUT2D eigenvalue weighted by Crippen LogP contribution is -2.48. The van der Waals surface area contributed by atoms with E-state index in [0.29, 0.717) is 6.42 Å². The van der Waals surface area contributed by atoms with Crippen LogP contribution in [-0.4, -0.2) is 41.1 Å². The van der Waals surface area contributed by atoms with Crippen molar-refractivity contribution in [2.75, 3.05) is 11.9 Å². The predicted octanol–water partition coefficient (Wildman–Crippen LogP) is 3.58. The molecule has 1 amide bonds. The van der Waals surface area contributed by atoms with Crippen LogP contribution in [0, 0.1) is 0 Å². The number of alkyl halides is 1. The summed E-state index contributed by atoms with van der Waals surface area (Å²) in [5.74, 6) is -0.608. The molecule has 0 aromatic rings. The second kappa shape index (κ2) is 10.3. The molecule has 0 aromatic heterocycles. The van der Waals surface area contributed by atoms with Crippen molar-refractivity contribution in [2.24, 2.45) is 0 Å². The van der Waals surface area contributed by atoms with Crippen molar-refractivity contribution in [2.45, 2.75) is 84.5 Å². The van der Waals surface area contributed by atoms with Gasteiger partial charge in [0.2, 0.25) is 5.91 Å². The molecule has 0 saturated carbocycles. The number of nitrogens with one attached hydrogen (secondary N) is 1. The second-order valence-corrected chi connectivity index (χ2v) is 8.37. The maximum atomic E-state index is 12.3. The molecule has 0 radical (unpaired) electrons. The highest BCUT2D eigenvalue weighted by Gasteiger charge is 2.28.